The molecule has 102 valence electrons. The number of hydrogen-bond donors (Lipinski definition) is 2. The Kier molecular flexibility index (Phi) is 3.11. The second-order valence-corrected chi connectivity index (χ2v) is 4.29. The number of rotatable bonds is 3. The molecule has 0 saturated carbocycles. The van der Waals surface area contributed by atoms with Crippen LogP contribution in [-0.4, -0.2) is 27.3 Å². The molecular formula is C12H9ClFN5O. The van der Waals surface area contributed by atoms with E-state index in [2.05, 4.69) is 25.5 Å². The molecule has 0 atom stereocenters. The maximum atomic E-state index is 13.6. The van der Waals surface area contributed by atoms with E-state index in [9.17, 15) is 4.39 Å². The molecule has 0 aliphatic carbocycles. The summed E-state index contributed by atoms with van der Waals surface area (Å²) in [5.74, 6) is 0.143. The van der Waals surface area contributed by atoms with Crippen molar-refractivity contribution < 1.29 is 9.13 Å². The summed E-state index contributed by atoms with van der Waals surface area (Å²) in [6.07, 6.45) is 1.56. The highest BCUT2D eigenvalue weighted by atomic mass is 35.5. The Morgan fingerprint density at radius 1 is 1.35 bits per heavy atom. The van der Waals surface area contributed by atoms with Crippen LogP contribution in [0, 0.1) is 5.82 Å². The number of nitrogens with one attached hydrogen (secondary N) is 2. The van der Waals surface area contributed by atoms with Crippen molar-refractivity contribution in [3.63, 3.8) is 0 Å². The molecule has 1 aromatic carbocycles. The second-order valence-electron chi connectivity index (χ2n) is 3.95. The summed E-state index contributed by atoms with van der Waals surface area (Å²) < 4.78 is 18.5. The largest absolute Gasteiger partial charge is 0.494 e. The number of hydrogen-bond acceptors (Lipinski definition) is 5. The smallest absolute Gasteiger partial charge is 0.226 e. The molecule has 0 fully saturated rings. The van der Waals surface area contributed by atoms with Gasteiger partial charge in [0.25, 0.3) is 0 Å². The summed E-state index contributed by atoms with van der Waals surface area (Å²) in [5, 5.41) is 10.3. The number of anilines is 2. The molecule has 0 bridgehead atoms. The first kappa shape index (κ1) is 12.6. The molecule has 0 aliphatic rings. The highest BCUT2D eigenvalue weighted by molar-refractivity contribution is 6.28. The minimum Gasteiger partial charge on any atom is -0.494 e. The summed E-state index contributed by atoms with van der Waals surface area (Å²) in [7, 11) is 1.41. The van der Waals surface area contributed by atoms with Crippen LogP contribution in [0.4, 0.5) is 15.9 Å². The van der Waals surface area contributed by atoms with Crippen LogP contribution in [-0.2, 0) is 0 Å². The number of aromatic nitrogens is 4. The summed E-state index contributed by atoms with van der Waals surface area (Å²) in [6.45, 7) is 0. The van der Waals surface area contributed by atoms with E-state index in [1.54, 1.807) is 12.3 Å². The zero-order valence-corrected chi connectivity index (χ0v) is 11.1. The SMILES string of the molecule is COc1ccc(Nc2nc(Cl)nc3[nH]ncc23)cc1F. The van der Waals surface area contributed by atoms with E-state index < -0.39 is 5.82 Å². The topological polar surface area (TPSA) is 75.7 Å². The van der Waals surface area contributed by atoms with Crippen LogP contribution in [0.2, 0.25) is 5.28 Å². The molecule has 0 aliphatic heterocycles. The van der Waals surface area contributed by atoms with E-state index in [0.717, 1.165) is 0 Å². The zero-order valence-electron chi connectivity index (χ0n) is 10.3. The summed E-state index contributed by atoms with van der Waals surface area (Å²) in [6, 6.07) is 4.50. The van der Waals surface area contributed by atoms with Crippen molar-refractivity contribution in [2.75, 3.05) is 12.4 Å². The molecule has 6 nitrogen and oxygen atoms in total. The van der Waals surface area contributed by atoms with E-state index in [1.165, 1.54) is 19.2 Å². The Balaban J connectivity index is 2.00. The third kappa shape index (κ3) is 2.23. The first-order chi connectivity index (χ1) is 9.67. The minimum atomic E-state index is -0.471. The van der Waals surface area contributed by atoms with Gasteiger partial charge in [0.1, 0.15) is 5.82 Å². The van der Waals surface area contributed by atoms with Crippen LogP contribution >= 0.6 is 11.6 Å². The lowest BCUT2D eigenvalue weighted by molar-refractivity contribution is 0.386. The van der Waals surface area contributed by atoms with Crippen LogP contribution in [0.1, 0.15) is 0 Å². The molecule has 2 heterocycles. The number of halogens is 2. The van der Waals surface area contributed by atoms with Crippen molar-refractivity contribution in [1.82, 2.24) is 20.2 Å². The van der Waals surface area contributed by atoms with Crippen molar-refractivity contribution in [2.45, 2.75) is 0 Å². The van der Waals surface area contributed by atoms with Gasteiger partial charge in [0, 0.05) is 11.8 Å². The molecule has 0 unspecified atom stereocenters. The molecule has 3 aromatic rings. The van der Waals surface area contributed by atoms with Crippen molar-refractivity contribution >= 4 is 34.1 Å². The van der Waals surface area contributed by atoms with Gasteiger partial charge >= 0.3 is 0 Å². The molecule has 0 saturated heterocycles. The van der Waals surface area contributed by atoms with Gasteiger partial charge in [-0.15, -0.1) is 0 Å². The monoisotopic (exact) mass is 293 g/mol. The number of ether oxygens (including phenoxy) is 1. The molecule has 20 heavy (non-hydrogen) atoms. The number of benzene rings is 1. The van der Waals surface area contributed by atoms with Gasteiger partial charge in [-0.1, -0.05) is 0 Å². The van der Waals surface area contributed by atoms with Gasteiger partial charge < -0.3 is 10.1 Å². The van der Waals surface area contributed by atoms with Crippen molar-refractivity contribution in [1.29, 1.82) is 0 Å². The highest BCUT2D eigenvalue weighted by Crippen LogP contribution is 2.26. The minimum absolute atomic E-state index is 0.0678. The Labute approximate surface area is 118 Å². The highest BCUT2D eigenvalue weighted by Gasteiger charge is 2.10. The molecule has 0 spiro atoms. The van der Waals surface area contributed by atoms with Crippen molar-refractivity contribution in [3.8, 4) is 5.75 Å². The molecule has 0 amide bonds. The lowest BCUT2D eigenvalue weighted by Gasteiger charge is -2.08. The second kappa shape index (κ2) is 4.93. The lowest BCUT2D eigenvalue weighted by atomic mass is 10.2. The number of H-pyrrole nitrogens is 1. The Bertz CT molecular complexity index is 776. The molecule has 8 heteroatoms. The van der Waals surface area contributed by atoms with Gasteiger partial charge in [-0.25, -0.2) is 4.39 Å². The zero-order chi connectivity index (χ0) is 14.1. The molecule has 3 rings (SSSR count). The van der Waals surface area contributed by atoms with Crippen molar-refractivity contribution in [3.05, 3.63) is 35.5 Å². The summed E-state index contributed by atoms with van der Waals surface area (Å²) in [4.78, 5) is 8.06. The molecule has 0 radical (unpaired) electrons. The first-order valence-corrected chi connectivity index (χ1v) is 6.02. The maximum absolute atomic E-state index is 13.6. The normalized spacial score (nSPS) is 10.8. The molecule has 2 aromatic heterocycles. The van der Waals surface area contributed by atoms with E-state index >= 15 is 0 Å². The Morgan fingerprint density at radius 3 is 2.95 bits per heavy atom. The van der Waals surface area contributed by atoms with E-state index in [4.69, 9.17) is 16.3 Å². The van der Waals surface area contributed by atoms with Crippen LogP contribution in [0.15, 0.2) is 24.4 Å². The third-order valence-electron chi connectivity index (χ3n) is 2.70. The number of fused-ring (bicyclic) bond motifs is 1. The van der Waals surface area contributed by atoms with Crippen LogP contribution in [0.3, 0.4) is 0 Å². The van der Waals surface area contributed by atoms with Gasteiger partial charge in [0.2, 0.25) is 5.28 Å². The summed E-state index contributed by atoms with van der Waals surface area (Å²) in [5.41, 5.74) is 1.02. The first-order valence-electron chi connectivity index (χ1n) is 5.64. The fraction of sp³-hybridized carbons (Fsp3) is 0.0833. The number of methoxy groups -OCH3 is 1. The van der Waals surface area contributed by atoms with E-state index in [-0.39, 0.29) is 11.0 Å². The lowest BCUT2D eigenvalue weighted by Crippen LogP contribution is -1.97. The van der Waals surface area contributed by atoms with E-state index in [0.29, 0.717) is 22.5 Å². The fourth-order valence-corrected chi connectivity index (χ4v) is 1.95. The van der Waals surface area contributed by atoms with Crippen LogP contribution in [0.25, 0.3) is 11.0 Å². The van der Waals surface area contributed by atoms with Gasteiger partial charge in [0.15, 0.2) is 17.2 Å². The van der Waals surface area contributed by atoms with Gasteiger partial charge in [-0.2, -0.15) is 15.1 Å². The maximum Gasteiger partial charge on any atom is 0.226 e. The van der Waals surface area contributed by atoms with E-state index in [1.807, 2.05) is 0 Å². The molecule has 2 N–H and O–H groups in total. The Morgan fingerprint density at radius 2 is 2.20 bits per heavy atom. The molecular weight excluding hydrogens is 285 g/mol. The average molecular weight is 294 g/mol. The number of nitrogens with zero attached hydrogens (tertiary/aromatic N) is 3. The van der Waals surface area contributed by atoms with Crippen molar-refractivity contribution in [2.24, 2.45) is 0 Å². The average Bonchev–Trinajstić information content (AvgIpc) is 2.87. The number of aromatic amines is 1. The Hall–Kier alpha value is -2.41. The van der Waals surface area contributed by atoms with Crippen LogP contribution < -0.4 is 10.1 Å². The fourth-order valence-electron chi connectivity index (χ4n) is 1.78. The third-order valence-corrected chi connectivity index (χ3v) is 2.87. The van der Waals surface area contributed by atoms with Crippen LogP contribution in [0.5, 0.6) is 5.75 Å². The van der Waals surface area contributed by atoms with Gasteiger partial charge in [0.05, 0.1) is 18.7 Å². The predicted octanol–water partition coefficient (Wildman–Crippen LogP) is 2.90. The quantitative estimate of drug-likeness (QED) is 0.726. The summed E-state index contributed by atoms with van der Waals surface area (Å²) >= 11 is 5.82. The van der Waals surface area contributed by atoms with Gasteiger partial charge in [-0.3, -0.25) is 5.10 Å². The predicted molar refractivity (Wildman–Crippen MR) is 72.9 cm³/mol. The van der Waals surface area contributed by atoms with Gasteiger partial charge in [-0.05, 0) is 23.7 Å². The standard InChI is InChI=1S/C12H9ClFN5O/c1-20-9-3-2-6(4-8(9)14)16-10-7-5-15-19-11(7)18-12(13)17-10/h2-5H,1H3,(H2,15,16,17,18,19).